The topological polar surface area (TPSA) is 59.4 Å². The Labute approximate surface area is 172 Å². The number of likely N-dealkylation sites (tertiary alicyclic amines) is 1. The minimum atomic E-state index is 0.193. The molecule has 6 nitrogen and oxygen atoms in total. The molecule has 0 radical (unpaired) electrons. The molecule has 29 heavy (non-hydrogen) atoms. The van der Waals surface area contributed by atoms with Crippen molar-refractivity contribution in [3.8, 4) is 5.69 Å². The maximum atomic E-state index is 12.2. The number of nitrogens with zero attached hydrogens (tertiary/aromatic N) is 3. The average Bonchev–Trinajstić information content (AvgIpc) is 3.36. The Morgan fingerprint density at radius 1 is 1.10 bits per heavy atom. The molecule has 1 amide bonds. The van der Waals surface area contributed by atoms with Gasteiger partial charge in [0.15, 0.2) is 0 Å². The second-order valence-corrected chi connectivity index (χ2v) is 8.62. The minimum absolute atomic E-state index is 0.193. The van der Waals surface area contributed by atoms with E-state index in [-0.39, 0.29) is 11.8 Å². The van der Waals surface area contributed by atoms with Crippen molar-refractivity contribution >= 4 is 5.91 Å². The fourth-order valence-electron chi connectivity index (χ4n) is 4.80. The average molecular weight is 395 g/mol. The van der Waals surface area contributed by atoms with E-state index in [9.17, 15) is 4.79 Å². The summed E-state index contributed by atoms with van der Waals surface area (Å²) in [4.78, 5) is 14.8. The quantitative estimate of drug-likeness (QED) is 0.819. The Morgan fingerprint density at radius 2 is 1.90 bits per heavy atom. The van der Waals surface area contributed by atoms with Crippen molar-refractivity contribution in [3.05, 3.63) is 47.8 Å². The van der Waals surface area contributed by atoms with E-state index in [0.717, 1.165) is 69.7 Å². The maximum Gasteiger partial charge on any atom is 0.223 e. The van der Waals surface area contributed by atoms with Gasteiger partial charge < -0.3 is 10.1 Å². The van der Waals surface area contributed by atoms with Gasteiger partial charge in [-0.25, -0.2) is 4.68 Å². The van der Waals surface area contributed by atoms with E-state index < -0.39 is 0 Å². The van der Waals surface area contributed by atoms with Crippen LogP contribution in [0.5, 0.6) is 0 Å². The van der Waals surface area contributed by atoms with Gasteiger partial charge in [0, 0.05) is 49.7 Å². The number of carbonyl (C=O) groups excluding carboxylic acids is 1. The first kappa shape index (κ1) is 18.8. The first-order chi connectivity index (χ1) is 14.3. The molecule has 1 aromatic heterocycles. The highest BCUT2D eigenvalue weighted by Gasteiger charge is 2.34. The summed E-state index contributed by atoms with van der Waals surface area (Å²) in [6, 6.07) is 11.0. The first-order valence-corrected chi connectivity index (χ1v) is 11.0. The van der Waals surface area contributed by atoms with Crippen LogP contribution < -0.4 is 5.32 Å². The SMILES string of the molecule is O=C(NCc1cnn(-c2ccccc2)c1[C@@H]1CCN(C2CCOCC2)C1)C1CC1. The second kappa shape index (κ2) is 8.28. The first-order valence-electron chi connectivity index (χ1n) is 11.0. The lowest BCUT2D eigenvalue weighted by Gasteiger charge is -2.31. The molecule has 1 atom stereocenters. The van der Waals surface area contributed by atoms with Gasteiger partial charge in [-0.1, -0.05) is 18.2 Å². The Morgan fingerprint density at radius 3 is 2.66 bits per heavy atom. The Kier molecular flexibility index (Phi) is 5.38. The molecule has 2 aliphatic heterocycles. The number of carbonyl (C=O) groups is 1. The van der Waals surface area contributed by atoms with E-state index >= 15 is 0 Å². The molecule has 2 aromatic rings. The number of rotatable bonds is 6. The number of hydrogen-bond acceptors (Lipinski definition) is 4. The normalized spacial score (nSPS) is 23.4. The number of aromatic nitrogens is 2. The zero-order valence-electron chi connectivity index (χ0n) is 16.9. The van der Waals surface area contributed by atoms with E-state index in [2.05, 4.69) is 39.2 Å². The number of benzene rings is 1. The van der Waals surface area contributed by atoms with Crippen LogP contribution >= 0.6 is 0 Å². The van der Waals surface area contributed by atoms with E-state index in [1.165, 1.54) is 5.69 Å². The summed E-state index contributed by atoms with van der Waals surface area (Å²) < 4.78 is 7.65. The van der Waals surface area contributed by atoms with E-state index in [1.807, 2.05) is 12.3 Å². The summed E-state index contributed by atoms with van der Waals surface area (Å²) in [5, 5.41) is 7.88. The van der Waals surface area contributed by atoms with Crippen molar-refractivity contribution in [2.75, 3.05) is 26.3 Å². The van der Waals surface area contributed by atoms with Crippen LogP contribution in [0.3, 0.4) is 0 Å². The molecule has 3 heterocycles. The summed E-state index contributed by atoms with van der Waals surface area (Å²) in [6.45, 7) is 4.53. The van der Waals surface area contributed by atoms with Gasteiger partial charge in [-0.15, -0.1) is 0 Å². The second-order valence-electron chi connectivity index (χ2n) is 8.62. The van der Waals surface area contributed by atoms with Crippen LogP contribution in [0.25, 0.3) is 5.69 Å². The molecule has 3 aliphatic rings. The molecule has 0 spiro atoms. The van der Waals surface area contributed by atoms with Crippen molar-refractivity contribution in [1.82, 2.24) is 20.0 Å². The van der Waals surface area contributed by atoms with E-state index in [4.69, 9.17) is 9.84 Å². The molecular formula is C23H30N4O2. The van der Waals surface area contributed by atoms with Crippen LogP contribution in [0, 0.1) is 5.92 Å². The highest BCUT2D eigenvalue weighted by molar-refractivity contribution is 5.80. The molecular weight excluding hydrogens is 364 g/mol. The molecule has 154 valence electrons. The lowest BCUT2D eigenvalue weighted by atomic mass is 10.00. The fraction of sp³-hybridized carbons (Fsp3) is 0.565. The van der Waals surface area contributed by atoms with Gasteiger partial charge in [0.05, 0.1) is 17.6 Å². The van der Waals surface area contributed by atoms with Gasteiger partial charge in [-0.2, -0.15) is 5.10 Å². The molecule has 2 saturated heterocycles. The number of amides is 1. The Balaban J connectivity index is 1.38. The monoisotopic (exact) mass is 394 g/mol. The van der Waals surface area contributed by atoms with E-state index in [0.29, 0.717) is 18.5 Å². The van der Waals surface area contributed by atoms with E-state index in [1.54, 1.807) is 0 Å². The largest absolute Gasteiger partial charge is 0.381 e. The van der Waals surface area contributed by atoms with Gasteiger partial charge >= 0.3 is 0 Å². The Bertz CT molecular complexity index is 840. The van der Waals surface area contributed by atoms with Crippen LogP contribution in [-0.2, 0) is 16.1 Å². The van der Waals surface area contributed by atoms with Gasteiger partial charge in [0.2, 0.25) is 5.91 Å². The predicted octanol–water partition coefficient (Wildman–Crippen LogP) is 2.87. The zero-order valence-corrected chi connectivity index (χ0v) is 16.9. The standard InChI is InChI=1S/C23H30N4O2/c28-23(17-6-7-17)24-14-19-15-25-27(21-4-2-1-3-5-21)22(19)18-8-11-26(16-18)20-9-12-29-13-10-20/h1-5,15,17-18,20H,6-14,16H2,(H,24,28)/t18-/m1/s1. The lowest BCUT2D eigenvalue weighted by molar-refractivity contribution is -0.122. The molecule has 1 saturated carbocycles. The number of ether oxygens (including phenoxy) is 1. The number of para-hydroxylation sites is 1. The number of hydrogen-bond donors (Lipinski definition) is 1. The highest BCUT2D eigenvalue weighted by Crippen LogP contribution is 2.34. The van der Waals surface area contributed by atoms with Crippen molar-refractivity contribution in [3.63, 3.8) is 0 Å². The van der Waals surface area contributed by atoms with Gasteiger partial charge in [0.1, 0.15) is 0 Å². The summed E-state index contributed by atoms with van der Waals surface area (Å²) in [6.07, 6.45) is 7.42. The molecule has 5 rings (SSSR count). The molecule has 1 aliphatic carbocycles. The summed E-state index contributed by atoms with van der Waals surface area (Å²) in [7, 11) is 0. The van der Waals surface area contributed by atoms with Crippen LogP contribution in [0.1, 0.15) is 49.3 Å². The molecule has 0 unspecified atom stereocenters. The van der Waals surface area contributed by atoms with Gasteiger partial charge in [-0.3, -0.25) is 9.69 Å². The van der Waals surface area contributed by atoms with Gasteiger partial charge in [0.25, 0.3) is 0 Å². The third-order valence-electron chi connectivity index (χ3n) is 6.60. The van der Waals surface area contributed by atoms with Crippen LogP contribution in [0.15, 0.2) is 36.5 Å². The molecule has 3 fully saturated rings. The minimum Gasteiger partial charge on any atom is -0.381 e. The highest BCUT2D eigenvalue weighted by atomic mass is 16.5. The maximum absolute atomic E-state index is 12.2. The molecule has 6 heteroatoms. The summed E-state index contributed by atoms with van der Waals surface area (Å²) >= 11 is 0. The predicted molar refractivity (Wildman–Crippen MR) is 111 cm³/mol. The van der Waals surface area contributed by atoms with Crippen LogP contribution in [0.4, 0.5) is 0 Å². The lowest BCUT2D eigenvalue weighted by Crippen LogP contribution is -2.37. The summed E-state index contributed by atoms with van der Waals surface area (Å²) in [5.41, 5.74) is 3.51. The van der Waals surface area contributed by atoms with Crippen molar-refractivity contribution < 1.29 is 9.53 Å². The molecule has 1 N–H and O–H groups in total. The van der Waals surface area contributed by atoms with Crippen molar-refractivity contribution in [2.24, 2.45) is 5.92 Å². The smallest absolute Gasteiger partial charge is 0.223 e. The zero-order chi connectivity index (χ0) is 19.6. The van der Waals surface area contributed by atoms with Crippen LogP contribution in [0.2, 0.25) is 0 Å². The van der Waals surface area contributed by atoms with Crippen molar-refractivity contribution in [1.29, 1.82) is 0 Å². The number of nitrogens with one attached hydrogen (secondary N) is 1. The van der Waals surface area contributed by atoms with Crippen LogP contribution in [-0.4, -0.2) is 52.9 Å². The van der Waals surface area contributed by atoms with Crippen molar-refractivity contribution in [2.45, 2.75) is 50.6 Å². The van der Waals surface area contributed by atoms with Gasteiger partial charge in [-0.05, 0) is 50.8 Å². The summed E-state index contributed by atoms with van der Waals surface area (Å²) in [5.74, 6) is 0.866. The fourth-order valence-corrected chi connectivity index (χ4v) is 4.80. The molecule has 0 bridgehead atoms. The molecule has 1 aromatic carbocycles. The third-order valence-corrected chi connectivity index (χ3v) is 6.60. The third kappa shape index (κ3) is 4.09. The Hall–Kier alpha value is -2.18.